The molecule has 0 aliphatic heterocycles. The first kappa shape index (κ1) is 27.4. The van der Waals surface area contributed by atoms with E-state index in [0.29, 0.717) is 0 Å². The molecule has 0 heterocycles. The SMILES string of the molecule is C[C@@H]1C(O)C2(O)C(C3C4C5C(C6(O)CC4(CO)[C@]5(C)C6=O)C31O)C2(C)C.[Ac].[Ac].[Ac]. The zero-order valence-corrected chi connectivity index (χ0v) is 31.6. The molecule has 0 aromatic carbocycles. The van der Waals surface area contributed by atoms with Gasteiger partial charge < -0.3 is 25.5 Å². The molecule has 2 bridgehead atoms. The Morgan fingerprint density at radius 3 is 2.00 bits per heavy atom. The van der Waals surface area contributed by atoms with Gasteiger partial charge in [-0.25, -0.2) is 0 Å². The van der Waals surface area contributed by atoms with Crippen LogP contribution in [0.4, 0.5) is 0 Å². The van der Waals surface area contributed by atoms with Crippen LogP contribution in [0.3, 0.4) is 0 Å². The van der Waals surface area contributed by atoms with Gasteiger partial charge in [-0.3, -0.25) is 4.79 Å². The van der Waals surface area contributed by atoms with Gasteiger partial charge in [0.05, 0.1) is 18.3 Å². The van der Waals surface area contributed by atoms with E-state index in [2.05, 4.69) is 0 Å². The molecule has 0 saturated heterocycles. The van der Waals surface area contributed by atoms with Crippen LogP contribution in [0.15, 0.2) is 0 Å². The molecule has 153 valence electrons. The van der Waals surface area contributed by atoms with Crippen molar-refractivity contribution in [1.29, 1.82) is 0 Å². The topological polar surface area (TPSA) is 118 Å². The number of hydrogen-bond donors (Lipinski definition) is 5. The molecular formula is C20H28Ac3O6. The number of hydrogen-bond acceptors (Lipinski definition) is 6. The second kappa shape index (κ2) is 6.97. The molecule has 9 heteroatoms. The number of carbonyl (C=O) groups excluding carboxylic acids is 1. The van der Waals surface area contributed by atoms with Crippen molar-refractivity contribution in [2.24, 2.45) is 51.8 Å². The normalized spacial score (nSPS) is 66.0. The molecule has 3 radical (unpaired) electrons. The van der Waals surface area contributed by atoms with Crippen molar-refractivity contribution in [2.45, 2.75) is 57.0 Å². The molecule has 6 rings (SSSR count). The van der Waals surface area contributed by atoms with E-state index in [1.165, 1.54) is 0 Å². The van der Waals surface area contributed by atoms with Crippen LogP contribution in [-0.2, 0) is 4.79 Å². The molecule has 6 nitrogen and oxygen atoms in total. The second-order valence-electron chi connectivity index (χ2n) is 11.1. The molecule has 0 amide bonds. The minimum atomic E-state index is -1.63. The standard InChI is InChI=1S/C20H28O6.3Ac/c1-7-13(22)20(26)11(15(20,2)3)10-8-9-12(19(7,10)25)18(24)5-17(8,6-21)16(9,4)14(18)23;;;/h7-13,21-22,24-26H,5-6H2,1-4H3;;;/t7-,8?,9?,10?,11?,12?,13?,16+,17?,18?,19?,20?;;;/m1.../s1. The van der Waals surface area contributed by atoms with Gasteiger partial charge in [0.1, 0.15) is 11.2 Å². The molecular weight excluding hydrogens is 1020 g/mol. The summed E-state index contributed by atoms with van der Waals surface area (Å²) in [5.74, 6) is -2.43. The van der Waals surface area contributed by atoms with Gasteiger partial charge in [-0.05, 0) is 24.2 Å². The Kier molecular flexibility index (Phi) is 6.58. The van der Waals surface area contributed by atoms with E-state index < -0.39 is 51.0 Å². The zero-order chi connectivity index (χ0) is 19.0. The zero-order valence-electron chi connectivity index (χ0n) is 17.3. The maximum Gasteiger partial charge on any atom is 0.171 e. The van der Waals surface area contributed by atoms with Crippen LogP contribution in [0.2, 0.25) is 0 Å². The van der Waals surface area contributed by atoms with Crippen LogP contribution in [0.25, 0.3) is 0 Å². The Morgan fingerprint density at radius 1 is 0.966 bits per heavy atom. The summed E-state index contributed by atoms with van der Waals surface area (Å²) in [5, 5.41) is 55.9. The van der Waals surface area contributed by atoms with Crippen molar-refractivity contribution in [3.63, 3.8) is 0 Å². The summed E-state index contributed by atoms with van der Waals surface area (Å²) in [6.07, 6.45) is -0.917. The summed E-state index contributed by atoms with van der Waals surface area (Å²) in [5.41, 5.74) is -6.40. The monoisotopic (exact) mass is 1050 g/mol. The largest absolute Gasteiger partial charge is 0.396 e. The average molecular weight is 1050 g/mol. The number of aliphatic hydroxyl groups excluding tert-OH is 2. The van der Waals surface area contributed by atoms with Crippen LogP contribution < -0.4 is 0 Å². The van der Waals surface area contributed by atoms with Crippen LogP contribution in [0, 0.1) is 184 Å². The summed E-state index contributed by atoms with van der Waals surface area (Å²) in [7, 11) is 0. The van der Waals surface area contributed by atoms with Gasteiger partial charge in [-0.15, -0.1) is 0 Å². The molecule has 6 fully saturated rings. The van der Waals surface area contributed by atoms with Crippen LogP contribution in [0.5, 0.6) is 0 Å². The fourth-order valence-electron chi connectivity index (χ4n) is 9.92. The molecule has 6 aliphatic carbocycles. The molecule has 29 heavy (non-hydrogen) atoms. The third-order valence-corrected chi connectivity index (χ3v) is 11.0. The molecule has 0 aromatic rings. The predicted molar refractivity (Wildman–Crippen MR) is 88.5 cm³/mol. The number of fused-ring (bicyclic) bond motifs is 8. The van der Waals surface area contributed by atoms with E-state index in [1.54, 1.807) is 6.92 Å². The smallest absolute Gasteiger partial charge is 0.171 e. The molecule has 12 atom stereocenters. The first-order chi connectivity index (χ1) is 11.8. The van der Waals surface area contributed by atoms with Crippen LogP contribution in [-0.4, -0.2) is 60.8 Å². The molecule has 6 saturated carbocycles. The minimum absolute atomic E-state index is 0. The molecule has 5 N–H and O–H groups in total. The first-order valence-electron chi connectivity index (χ1n) is 9.85. The quantitative estimate of drug-likeness (QED) is 0.238. The number of ketones is 1. The van der Waals surface area contributed by atoms with Crippen molar-refractivity contribution in [1.82, 2.24) is 0 Å². The minimum Gasteiger partial charge on any atom is -0.396 e. The van der Waals surface area contributed by atoms with Gasteiger partial charge in [0, 0.05) is 166 Å². The van der Waals surface area contributed by atoms with Crippen molar-refractivity contribution >= 4 is 5.78 Å². The Hall–Kier alpha value is 3.79. The van der Waals surface area contributed by atoms with Gasteiger partial charge in [-0.1, -0.05) is 27.7 Å². The summed E-state index contributed by atoms with van der Waals surface area (Å²) in [4.78, 5) is 13.1. The van der Waals surface area contributed by atoms with Crippen molar-refractivity contribution < 1.29 is 163 Å². The van der Waals surface area contributed by atoms with Crippen molar-refractivity contribution in [3.05, 3.63) is 0 Å². The third kappa shape index (κ3) is 2.14. The second-order valence-corrected chi connectivity index (χ2v) is 11.1. The Bertz CT molecular complexity index is 809. The van der Waals surface area contributed by atoms with E-state index in [1.807, 2.05) is 20.8 Å². The van der Waals surface area contributed by atoms with E-state index >= 15 is 0 Å². The number of carbonyl (C=O) groups is 1. The van der Waals surface area contributed by atoms with E-state index in [9.17, 15) is 30.3 Å². The Balaban J connectivity index is 0.000000801. The van der Waals surface area contributed by atoms with Crippen LogP contribution >= 0.6 is 0 Å². The van der Waals surface area contributed by atoms with E-state index in [0.717, 1.165) is 0 Å². The van der Waals surface area contributed by atoms with Gasteiger partial charge in [0.25, 0.3) is 0 Å². The molecule has 10 unspecified atom stereocenters. The van der Waals surface area contributed by atoms with Gasteiger partial charge in [-0.2, -0.15) is 0 Å². The Morgan fingerprint density at radius 2 is 1.52 bits per heavy atom. The third-order valence-electron chi connectivity index (χ3n) is 11.0. The molecule has 6 aliphatic rings. The number of Topliss-reactive ketones (excluding diaryl/α,β-unsaturated/α-hetero) is 1. The van der Waals surface area contributed by atoms with Crippen molar-refractivity contribution in [2.75, 3.05) is 6.61 Å². The maximum absolute atomic E-state index is 13.1. The van der Waals surface area contributed by atoms with Gasteiger partial charge in [0.15, 0.2) is 5.78 Å². The van der Waals surface area contributed by atoms with E-state index in [4.69, 9.17) is 0 Å². The predicted octanol–water partition coefficient (Wildman–Crippen LogP) is -0.690. The van der Waals surface area contributed by atoms with Crippen molar-refractivity contribution in [3.8, 4) is 0 Å². The van der Waals surface area contributed by atoms with Crippen LogP contribution in [0.1, 0.15) is 34.1 Å². The number of rotatable bonds is 1. The summed E-state index contributed by atoms with van der Waals surface area (Å²) in [6.45, 7) is 7.22. The molecule has 0 aromatic heterocycles. The maximum atomic E-state index is 13.1. The summed E-state index contributed by atoms with van der Waals surface area (Å²) < 4.78 is 0. The van der Waals surface area contributed by atoms with Gasteiger partial charge in [0.2, 0.25) is 0 Å². The summed E-state index contributed by atoms with van der Waals surface area (Å²) >= 11 is 0. The molecule has 0 spiro atoms. The fraction of sp³-hybridized carbons (Fsp3) is 0.950. The Labute approximate surface area is 278 Å². The average Bonchev–Trinajstić information content (AvgIpc) is 2.79. The first-order valence-corrected chi connectivity index (χ1v) is 9.85. The summed E-state index contributed by atoms with van der Waals surface area (Å²) in [6, 6.07) is 0. The van der Waals surface area contributed by atoms with E-state index in [-0.39, 0.29) is 175 Å². The number of aliphatic hydroxyl groups is 5. The fourth-order valence-corrected chi connectivity index (χ4v) is 9.92. The van der Waals surface area contributed by atoms with Gasteiger partial charge >= 0.3 is 0 Å².